The summed E-state index contributed by atoms with van der Waals surface area (Å²) in [5.41, 5.74) is 7.22. The Hall–Kier alpha value is -1.37. The number of imidazole rings is 1. The van der Waals surface area contributed by atoms with Gasteiger partial charge in [-0.3, -0.25) is 4.79 Å². The van der Waals surface area contributed by atoms with E-state index in [9.17, 15) is 9.18 Å². The fraction of sp³-hybridized carbons (Fsp3) is 0.529. The minimum atomic E-state index is -0.307. The second-order valence-corrected chi connectivity index (χ2v) is 6.56. The number of nitrogens with zero attached hydrogens (tertiary/aromatic N) is 1. The highest BCUT2D eigenvalue weighted by Gasteiger charge is 2.32. The molecule has 1 aromatic carbocycles. The number of H-pyrrole nitrogens is 1. The standard InChI is InChI=1S/C17H23FN4O.2ClH/c18-12-4-5-13-14(8-12)22-15(21-13)10-20-16(23)9-17(11-19)6-2-1-3-7-17;;/h4-5,8H,1-3,6-7,9-11,19H2,(H,20,23)(H,21,22);2*1H. The highest BCUT2D eigenvalue weighted by molar-refractivity contribution is 5.85. The number of halogens is 3. The van der Waals surface area contributed by atoms with E-state index in [1.807, 2.05) is 0 Å². The number of carbonyl (C=O) groups is 1. The summed E-state index contributed by atoms with van der Waals surface area (Å²) in [6.45, 7) is 0.875. The summed E-state index contributed by atoms with van der Waals surface area (Å²) in [4.78, 5) is 19.6. The quantitative estimate of drug-likeness (QED) is 0.730. The van der Waals surface area contributed by atoms with Crippen molar-refractivity contribution in [3.05, 3.63) is 29.8 Å². The Bertz CT molecular complexity index is 701. The first kappa shape index (κ1) is 21.7. The monoisotopic (exact) mass is 390 g/mol. The van der Waals surface area contributed by atoms with Gasteiger partial charge in [-0.25, -0.2) is 9.37 Å². The summed E-state index contributed by atoms with van der Waals surface area (Å²) < 4.78 is 13.2. The van der Waals surface area contributed by atoms with E-state index >= 15 is 0 Å². The number of rotatable bonds is 5. The van der Waals surface area contributed by atoms with Crippen LogP contribution < -0.4 is 11.1 Å². The molecule has 0 aliphatic heterocycles. The van der Waals surface area contributed by atoms with Crippen LogP contribution in [0.5, 0.6) is 0 Å². The lowest BCUT2D eigenvalue weighted by Gasteiger charge is -2.35. The second-order valence-electron chi connectivity index (χ2n) is 6.56. The minimum Gasteiger partial charge on any atom is -0.349 e. The average Bonchev–Trinajstić information content (AvgIpc) is 2.96. The summed E-state index contributed by atoms with van der Waals surface area (Å²) in [6.07, 6.45) is 6.07. The molecule has 0 atom stereocenters. The van der Waals surface area contributed by atoms with Gasteiger partial charge in [-0.15, -0.1) is 24.8 Å². The predicted octanol–water partition coefficient (Wildman–Crippen LogP) is 3.46. The number of carbonyl (C=O) groups excluding carboxylic acids is 1. The van der Waals surface area contributed by atoms with E-state index in [-0.39, 0.29) is 42.0 Å². The Morgan fingerprint density at radius 3 is 2.68 bits per heavy atom. The number of aromatic nitrogens is 2. The van der Waals surface area contributed by atoms with Crippen LogP contribution in [-0.2, 0) is 11.3 Å². The van der Waals surface area contributed by atoms with Gasteiger partial charge in [0.1, 0.15) is 11.6 Å². The van der Waals surface area contributed by atoms with E-state index in [0.717, 1.165) is 25.7 Å². The summed E-state index contributed by atoms with van der Waals surface area (Å²) >= 11 is 0. The first-order valence-corrected chi connectivity index (χ1v) is 8.21. The van der Waals surface area contributed by atoms with Crippen molar-refractivity contribution in [3.8, 4) is 0 Å². The zero-order chi connectivity index (χ0) is 16.3. The molecule has 1 saturated carbocycles. The van der Waals surface area contributed by atoms with Crippen LogP contribution in [0, 0.1) is 11.2 Å². The van der Waals surface area contributed by atoms with Crippen molar-refractivity contribution in [2.75, 3.05) is 6.54 Å². The number of nitrogens with one attached hydrogen (secondary N) is 2. The number of fused-ring (bicyclic) bond motifs is 1. The van der Waals surface area contributed by atoms with Crippen molar-refractivity contribution in [2.24, 2.45) is 11.1 Å². The molecule has 1 fully saturated rings. The number of benzene rings is 1. The van der Waals surface area contributed by atoms with Crippen LogP contribution in [0.1, 0.15) is 44.3 Å². The second kappa shape index (κ2) is 9.36. The molecule has 1 aliphatic carbocycles. The molecule has 1 heterocycles. The summed E-state index contributed by atoms with van der Waals surface area (Å²) in [5, 5.41) is 2.90. The lowest BCUT2D eigenvalue weighted by molar-refractivity contribution is -0.124. The molecule has 25 heavy (non-hydrogen) atoms. The Morgan fingerprint density at radius 1 is 1.28 bits per heavy atom. The third-order valence-corrected chi connectivity index (χ3v) is 4.83. The molecule has 4 N–H and O–H groups in total. The van der Waals surface area contributed by atoms with Gasteiger partial charge in [0.15, 0.2) is 0 Å². The van der Waals surface area contributed by atoms with Gasteiger partial charge in [-0.1, -0.05) is 19.3 Å². The van der Waals surface area contributed by atoms with Crippen molar-refractivity contribution in [2.45, 2.75) is 45.1 Å². The smallest absolute Gasteiger partial charge is 0.220 e. The highest BCUT2D eigenvalue weighted by Crippen LogP contribution is 2.38. The molecule has 0 bridgehead atoms. The third kappa shape index (κ3) is 5.30. The zero-order valence-corrected chi connectivity index (χ0v) is 15.6. The van der Waals surface area contributed by atoms with Gasteiger partial charge in [0, 0.05) is 6.42 Å². The summed E-state index contributed by atoms with van der Waals surface area (Å²) in [7, 11) is 0. The maximum absolute atomic E-state index is 13.2. The van der Waals surface area contributed by atoms with Gasteiger partial charge >= 0.3 is 0 Å². The van der Waals surface area contributed by atoms with Crippen molar-refractivity contribution >= 4 is 41.8 Å². The van der Waals surface area contributed by atoms with E-state index < -0.39 is 0 Å². The number of nitrogens with two attached hydrogens (primary N) is 1. The predicted molar refractivity (Wildman–Crippen MR) is 102 cm³/mol. The molecule has 8 heteroatoms. The lowest BCUT2D eigenvalue weighted by Crippen LogP contribution is -2.38. The van der Waals surface area contributed by atoms with E-state index in [4.69, 9.17) is 5.73 Å². The fourth-order valence-corrected chi connectivity index (χ4v) is 3.46. The maximum Gasteiger partial charge on any atom is 0.220 e. The number of amides is 1. The molecule has 1 amide bonds. The Balaban J connectivity index is 0.00000156. The molecule has 0 radical (unpaired) electrons. The highest BCUT2D eigenvalue weighted by atomic mass is 35.5. The van der Waals surface area contributed by atoms with Crippen LogP contribution in [0.2, 0.25) is 0 Å². The van der Waals surface area contributed by atoms with Gasteiger partial charge in [0.2, 0.25) is 5.91 Å². The minimum absolute atomic E-state index is 0. The molecule has 0 unspecified atom stereocenters. The van der Waals surface area contributed by atoms with Crippen molar-refractivity contribution in [1.29, 1.82) is 0 Å². The van der Waals surface area contributed by atoms with Gasteiger partial charge in [-0.2, -0.15) is 0 Å². The van der Waals surface area contributed by atoms with Crippen LogP contribution in [0.15, 0.2) is 18.2 Å². The van der Waals surface area contributed by atoms with Crippen LogP contribution in [0.25, 0.3) is 11.0 Å². The Morgan fingerprint density at radius 2 is 2.00 bits per heavy atom. The number of aromatic amines is 1. The van der Waals surface area contributed by atoms with Crippen LogP contribution in [0.4, 0.5) is 4.39 Å². The van der Waals surface area contributed by atoms with E-state index in [2.05, 4.69) is 15.3 Å². The fourth-order valence-electron chi connectivity index (χ4n) is 3.46. The van der Waals surface area contributed by atoms with Crippen molar-refractivity contribution < 1.29 is 9.18 Å². The van der Waals surface area contributed by atoms with Crippen molar-refractivity contribution in [3.63, 3.8) is 0 Å². The Kier molecular flexibility index (Phi) is 8.12. The number of hydrogen-bond acceptors (Lipinski definition) is 3. The molecular formula is C17H25Cl2FN4O. The van der Waals surface area contributed by atoms with Gasteiger partial charge in [-0.05, 0) is 43.0 Å². The van der Waals surface area contributed by atoms with Crippen LogP contribution >= 0.6 is 24.8 Å². The molecule has 0 saturated heterocycles. The van der Waals surface area contributed by atoms with Crippen LogP contribution in [-0.4, -0.2) is 22.4 Å². The molecule has 0 spiro atoms. The van der Waals surface area contributed by atoms with Gasteiger partial charge in [0.05, 0.1) is 17.6 Å². The SMILES string of the molecule is Cl.Cl.NCC1(CC(=O)NCc2nc3ccc(F)cc3[nH]2)CCCCC1. The van der Waals surface area contributed by atoms with Crippen molar-refractivity contribution in [1.82, 2.24) is 15.3 Å². The topological polar surface area (TPSA) is 83.8 Å². The first-order chi connectivity index (χ1) is 11.1. The van der Waals surface area contributed by atoms with Gasteiger partial charge in [0.25, 0.3) is 0 Å². The molecule has 1 aromatic heterocycles. The normalized spacial score (nSPS) is 15.9. The molecule has 1 aliphatic rings. The van der Waals surface area contributed by atoms with Crippen LogP contribution in [0.3, 0.4) is 0 Å². The average molecular weight is 391 g/mol. The molecule has 140 valence electrons. The Labute approximate surface area is 159 Å². The first-order valence-electron chi connectivity index (χ1n) is 8.21. The molecular weight excluding hydrogens is 366 g/mol. The maximum atomic E-state index is 13.2. The largest absolute Gasteiger partial charge is 0.349 e. The van der Waals surface area contributed by atoms with E-state index in [1.165, 1.54) is 18.6 Å². The molecule has 2 aromatic rings. The lowest BCUT2D eigenvalue weighted by atomic mass is 9.71. The van der Waals surface area contributed by atoms with E-state index in [1.54, 1.807) is 6.07 Å². The van der Waals surface area contributed by atoms with Gasteiger partial charge < -0.3 is 16.0 Å². The summed E-state index contributed by atoms with van der Waals surface area (Å²) in [5.74, 6) is 0.326. The number of hydrogen-bond donors (Lipinski definition) is 3. The van der Waals surface area contributed by atoms with E-state index in [0.29, 0.717) is 36.4 Å². The summed E-state index contributed by atoms with van der Waals surface area (Å²) in [6, 6.07) is 4.40. The third-order valence-electron chi connectivity index (χ3n) is 4.83. The zero-order valence-electron chi connectivity index (χ0n) is 14.0. The molecule has 3 rings (SSSR count). The molecule has 5 nitrogen and oxygen atoms in total.